The first-order valence-corrected chi connectivity index (χ1v) is 6.58. The summed E-state index contributed by atoms with van der Waals surface area (Å²) in [4.78, 5) is 0. The predicted octanol–water partition coefficient (Wildman–Crippen LogP) is 2.32. The molecule has 0 aromatic heterocycles. The molecule has 3 heteroatoms. The van der Waals surface area contributed by atoms with Crippen LogP contribution in [-0.4, -0.2) is 18.8 Å². The average Bonchev–Trinajstić information content (AvgIpc) is 2.42. The van der Waals surface area contributed by atoms with E-state index in [-0.39, 0.29) is 0 Å². The fourth-order valence-corrected chi connectivity index (χ4v) is 2.49. The second-order valence-electron chi connectivity index (χ2n) is 4.82. The van der Waals surface area contributed by atoms with Gasteiger partial charge in [-0.25, -0.2) is 0 Å². The normalized spacial score (nSPS) is 20.7. The van der Waals surface area contributed by atoms with Crippen molar-refractivity contribution >= 4 is 11.8 Å². The van der Waals surface area contributed by atoms with Crippen LogP contribution in [0.4, 0.5) is 0 Å². The van der Waals surface area contributed by atoms with Crippen molar-refractivity contribution in [3.63, 3.8) is 0 Å². The van der Waals surface area contributed by atoms with Gasteiger partial charge in [-0.1, -0.05) is 30.7 Å². The average molecular weight is 243 g/mol. The Morgan fingerprint density at radius 1 is 1.44 bits per heavy atom. The molecule has 1 fully saturated rings. The van der Waals surface area contributed by atoms with E-state index in [1.165, 1.54) is 37.2 Å². The van der Waals surface area contributed by atoms with E-state index in [1.54, 1.807) is 0 Å². The van der Waals surface area contributed by atoms with Gasteiger partial charge in [0.05, 0.1) is 0 Å². The molecule has 1 aromatic rings. The second kappa shape index (κ2) is 6.36. The van der Waals surface area contributed by atoms with Gasteiger partial charge in [0.25, 0.3) is 0 Å². The lowest BCUT2D eigenvalue weighted by molar-refractivity contribution is 0.399. The van der Waals surface area contributed by atoms with Gasteiger partial charge in [-0.2, -0.15) is 0 Å². The standard InChI is InChI=1S/C15H21N3/c16-10-14(11-17)13-5-3-4-12(8-13)9-15-6-1-2-7-18-15/h3-5,8,10-11,15-16,18H,1-2,6-7,9,17H2/b14-11+,16-10?/t15-/m0/s1. The molecule has 1 aliphatic rings. The van der Waals surface area contributed by atoms with Crippen LogP contribution in [0.3, 0.4) is 0 Å². The summed E-state index contributed by atoms with van der Waals surface area (Å²) < 4.78 is 0. The first kappa shape index (κ1) is 12.8. The van der Waals surface area contributed by atoms with Crippen LogP contribution in [0.25, 0.3) is 5.57 Å². The maximum absolute atomic E-state index is 7.34. The van der Waals surface area contributed by atoms with Gasteiger partial charge in [0.2, 0.25) is 0 Å². The Labute approximate surface area is 109 Å². The van der Waals surface area contributed by atoms with E-state index < -0.39 is 0 Å². The smallest absolute Gasteiger partial charge is 0.0270 e. The number of hydrogen-bond acceptors (Lipinski definition) is 3. The highest BCUT2D eigenvalue weighted by atomic mass is 14.9. The minimum Gasteiger partial charge on any atom is -0.404 e. The third-order valence-electron chi connectivity index (χ3n) is 3.49. The molecule has 0 amide bonds. The van der Waals surface area contributed by atoms with E-state index in [4.69, 9.17) is 11.1 Å². The van der Waals surface area contributed by atoms with E-state index in [0.717, 1.165) is 24.1 Å². The van der Waals surface area contributed by atoms with E-state index in [0.29, 0.717) is 6.04 Å². The number of nitrogens with two attached hydrogens (primary N) is 1. The Bertz CT molecular complexity index is 431. The van der Waals surface area contributed by atoms with Crippen molar-refractivity contribution in [2.75, 3.05) is 6.54 Å². The fraction of sp³-hybridized carbons (Fsp3) is 0.400. The molecule has 2 rings (SSSR count). The van der Waals surface area contributed by atoms with Crippen molar-refractivity contribution in [3.8, 4) is 0 Å². The molecule has 0 saturated carbocycles. The summed E-state index contributed by atoms with van der Waals surface area (Å²) in [5.41, 5.74) is 8.64. The Hall–Kier alpha value is -1.61. The highest BCUT2D eigenvalue weighted by Gasteiger charge is 2.13. The first-order chi connectivity index (χ1) is 8.83. The zero-order valence-electron chi connectivity index (χ0n) is 10.7. The zero-order valence-corrected chi connectivity index (χ0v) is 10.7. The molecule has 0 aliphatic carbocycles. The highest BCUT2D eigenvalue weighted by Crippen LogP contribution is 2.17. The molecule has 1 aliphatic heterocycles. The Kier molecular flexibility index (Phi) is 4.53. The monoisotopic (exact) mass is 243 g/mol. The van der Waals surface area contributed by atoms with Crippen LogP contribution in [0.1, 0.15) is 30.4 Å². The van der Waals surface area contributed by atoms with Gasteiger partial charge >= 0.3 is 0 Å². The molecule has 96 valence electrons. The number of piperidine rings is 1. The third-order valence-corrected chi connectivity index (χ3v) is 3.49. The van der Waals surface area contributed by atoms with Crippen molar-refractivity contribution in [1.82, 2.24) is 5.32 Å². The summed E-state index contributed by atoms with van der Waals surface area (Å²) >= 11 is 0. The molecule has 18 heavy (non-hydrogen) atoms. The maximum atomic E-state index is 7.34. The molecule has 0 radical (unpaired) electrons. The maximum Gasteiger partial charge on any atom is 0.0270 e. The largest absolute Gasteiger partial charge is 0.404 e. The van der Waals surface area contributed by atoms with Gasteiger partial charge in [0.15, 0.2) is 0 Å². The topological polar surface area (TPSA) is 61.9 Å². The van der Waals surface area contributed by atoms with Crippen molar-refractivity contribution in [1.29, 1.82) is 5.41 Å². The minimum absolute atomic E-state index is 0.597. The lowest BCUT2D eigenvalue weighted by Crippen LogP contribution is -2.35. The summed E-state index contributed by atoms with van der Waals surface area (Å²) in [5, 5.41) is 10.9. The number of benzene rings is 1. The molecule has 4 N–H and O–H groups in total. The van der Waals surface area contributed by atoms with Gasteiger partial charge in [-0.05, 0) is 36.9 Å². The minimum atomic E-state index is 0.597. The molecular weight excluding hydrogens is 222 g/mol. The van der Waals surface area contributed by atoms with E-state index in [2.05, 4.69) is 17.4 Å². The van der Waals surface area contributed by atoms with Gasteiger partial charge in [-0.3, -0.25) is 0 Å². The zero-order chi connectivity index (χ0) is 12.8. The molecule has 0 spiro atoms. The Morgan fingerprint density at radius 3 is 3.00 bits per heavy atom. The van der Waals surface area contributed by atoms with Crippen LogP contribution in [0, 0.1) is 5.41 Å². The van der Waals surface area contributed by atoms with E-state index >= 15 is 0 Å². The molecule has 0 bridgehead atoms. The summed E-state index contributed by atoms with van der Waals surface area (Å²) in [6.07, 6.45) is 7.73. The van der Waals surface area contributed by atoms with Crippen LogP contribution < -0.4 is 11.1 Å². The Balaban J connectivity index is 2.09. The number of hydrogen-bond donors (Lipinski definition) is 3. The number of allylic oxidation sites excluding steroid dienone is 1. The molecule has 3 nitrogen and oxygen atoms in total. The van der Waals surface area contributed by atoms with Crippen LogP contribution in [0.15, 0.2) is 30.5 Å². The van der Waals surface area contributed by atoms with Crippen molar-refractivity contribution in [3.05, 3.63) is 41.6 Å². The SMILES string of the molecule is N=C/C(=C\N)c1cccc(C[C@@H]2CCCCN2)c1. The number of nitrogens with one attached hydrogen (secondary N) is 2. The van der Waals surface area contributed by atoms with E-state index in [9.17, 15) is 0 Å². The predicted molar refractivity (Wildman–Crippen MR) is 76.7 cm³/mol. The summed E-state index contributed by atoms with van der Waals surface area (Å²) in [6, 6.07) is 8.93. The van der Waals surface area contributed by atoms with Crippen LogP contribution in [-0.2, 0) is 6.42 Å². The Morgan fingerprint density at radius 2 is 2.33 bits per heavy atom. The van der Waals surface area contributed by atoms with Gasteiger partial charge < -0.3 is 16.5 Å². The lowest BCUT2D eigenvalue weighted by Gasteiger charge is -2.23. The summed E-state index contributed by atoms with van der Waals surface area (Å²) in [5.74, 6) is 0. The van der Waals surface area contributed by atoms with Crippen LogP contribution in [0.2, 0.25) is 0 Å². The number of rotatable bonds is 4. The quantitative estimate of drug-likeness (QED) is 0.711. The first-order valence-electron chi connectivity index (χ1n) is 6.58. The highest BCUT2D eigenvalue weighted by molar-refractivity contribution is 6.08. The molecule has 1 heterocycles. The van der Waals surface area contributed by atoms with Gasteiger partial charge in [0.1, 0.15) is 0 Å². The second-order valence-corrected chi connectivity index (χ2v) is 4.82. The molecule has 1 saturated heterocycles. The third kappa shape index (κ3) is 3.20. The molecule has 0 unspecified atom stereocenters. The van der Waals surface area contributed by atoms with Gasteiger partial charge in [0, 0.05) is 24.0 Å². The van der Waals surface area contributed by atoms with E-state index in [1.807, 2.05) is 12.1 Å². The molecular formula is C15H21N3. The van der Waals surface area contributed by atoms with Crippen molar-refractivity contribution < 1.29 is 0 Å². The van der Waals surface area contributed by atoms with Gasteiger partial charge in [-0.15, -0.1) is 0 Å². The lowest BCUT2D eigenvalue weighted by atomic mass is 9.96. The van der Waals surface area contributed by atoms with Crippen LogP contribution in [0.5, 0.6) is 0 Å². The molecule has 1 atom stereocenters. The molecule has 1 aromatic carbocycles. The van der Waals surface area contributed by atoms with Crippen molar-refractivity contribution in [2.45, 2.75) is 31.7 Å². The fourth-order valence-electron chi connectivity index (χ4n) is 2.49. The summed E-state index contributed by atoms with van der Waals surface area (Å²) in [7, 11) is 0. The summed E-state index contributed by atoms with van der Waals surface area (Å²) in [6.45, 7) is 1.14. The van der Waals surface area contributed by atoms with Crippen molar-refractivity contribution in [2.24, 2.45) is 5.73 Å². The van der Waals surface area contributed by atoms with Crippen LogP contribution >= 0.6 is 0 Å².